The van der Waals surface area contributed by atoms with Crippen LogP contribution in [0.4, 0.5) is 10.5 Å². The molecule has 0 aliphatic rings. The van der Waals surface area contributed by atoms with Crippen molar-refractivity contribution in [2.24, 2.45) is 7.05 Å². The quantitative estimate of drug-likeness (QED) is 0.793. The number of urea groups is 1. The summed E-state index contributed by atoms with van der Waals surface area (Å²) in [5.74, 6) is 0.760. The number of carbonyl (C=O) groups excluding carboxylic acids is 1. The lowest BCUT2D eigenvalue weighted by atomic mass is 10.2. The van der Waals surface area contributed by atoms with Crippen LogP contribution in [0.25, 0.3) is 11.0 Å². The molecule has 1 N–H and O–H groups in total. The van der Waals surface area contributed by atoms with Crippen molar-refractivity contribution >= 4 is 22.8 Å². The largest absolute Gasteiger partial charge is 0.496 e. The predicted molar refractivity (Wildman–Crippen MR) is 96.7 cm³/mol. The Morgan fingerprint density at radius 2 is 2.12 bits per heavy atom. The standard InChI is InChI=1S/C18H21N5O2/c1-12-15-9-14(10-19-17(15)23(3)21-12)20-18(24)22(2)11-13-7-5-6-8-16(13)25-4/h5-10H,11H2,1-4H3,(H,20,24). The van der Waals surface area contributed by atoms with E-state index in [4.69, 9.17) is 4.74 Å². The molecule has 0 bridgehead atoms. The average molecular weight is 339 g/mol. The molecule has 2 aromatic heterocycles. The Morgan fingerprint density at radius 1 is 1.36 bits per heavy atom. The molecule has 0 unspecified atom stereocenters. The molecular weight excluding hydrogens is 318 g/mol. The number of hydrogen-bond acceptors (Lipinski definition) is 4. The van der Waals surface area contributed by atoms with Gasteiger partial charge in [-0.2, -0.15) is 5.10 Å². The number of nitrogens with one attached hydrogen (secondary N) is 1. The van der Waals surface area contributed by atoms with Crippen LogP contribution in [-0.4, -0.2) is 39.9 Å². The van der Waals surface area contributed by atoms with E-state index >= 15 is 0 Å². The molecule has 0 aliphatic carbocycles. The molecule has 3 aromatic rings. The highest BCUT2D eigenvalue weighted by Gasteiger charge is 2.13. The number of hydrogen-bond donors (Lipinski definition) is 1. The highest BCUT2D eigenvalue weighted by atomic mass is 16.5. The third-order valence-corrected chi connectivity index (χ3v) is 4.06. The van der Waals surface area contributed by atoms with E-state index in [1.807, 2.05) is 44.3 Å². The number of aromatic nitrogens is 3. The molecule has 0 saturated carbocycles. The number of benzene rings is 1. The van der Waals surface area contributed by atoms with Crippen LogP contribution >= 0.6 is 0 Å². The Kier molecular flexibility index (Phi) is 4.56. The van der Waals surface area contributed by atoms with Gasteiger partial charge in [-0.25, -0.2) is 9.78 Å². The third kappa shape index (κ3) is 3.40. The molecule has 0 atom stereocenters. The second-order valence-corrected chi connectivity index (χ2v) is 5.90. The van der Waals surface area contributed by atoms with Gasteiger partial charge in [0.25, 0.3) is 0 Å². The van der Waals surface area contributed by atoms with Crippen molar-refractivity contribution in [2.45, 2.75) is 13.5 Å². The Balaban J connectivity index is 1.74. The van der Waals surface area contributed by atoms with Crippen molar-refractivity contribution in [3.05, 3.63) is 47.8 Å². The first kappa shape index (κ1) is 16.8. The molecule has 130 valence electrons. The minimum atomic E-state index is -0.214. The number of fused-ring (bicyclic) bond motifs is 1. The van der Waals surface area contributed by atoms with Gasteiger partial charge in [-0.15, -0.1) is 0 Å². The molecule has 3 rings (SSSR count). The van der Waals surface area contributed by atoms with Crippen molar-refractivity contribution in [3.63, 3.8) is 0 Å². The Hall–Kier alpha value is -3.09. The molecule has 0 spiro atoms. The van der Waals surface area contributed by atoms with Crippen molar-refractivity contribution < 1.29 is 9.53 Å². The second-order valence-electron chi connectivity index (χ2n) is 5.90. The summed E-state index contributed by atoms with van der Waals surface area (Å²) in [7, 11) is 5.21. The second kappa shape index (κ2) is 6.80. The summed E-state index contributed by atoms with van der Waals surface area (Å²) in [6, 6.07) is 9.32. The van der Waals surface area contributed by atoms with E-state index in [9.17, 15) is 4.79 Å². The normalized spacial score (nSPS) is 10.7. The van der Waals surface area contributed by atoms with Crippen LogP contribution in [-0.2, 0) is 13.6 Å². The first-order valence-corrected chi connectivity index (χ1v) is 7.93. The zero-order valence-electron chi connectivity index (χ0n) is 14.8. The maximum absolute atomic E-state index is 12.5. The first-order valence-electron chi connectivity index (χ1n) is 7.93. The fourth-order valence-corrected chi connectivity index (χ4v) is 2.76. The van der Waals surface area contributed by atoms with Gasteiger partial charge in [0, 0.05) is 25.0 Å². The fraction of sp³-hybridized carbons (Fsp3) is 0.278. The van der Waals surface area contributed by atoms with Gasteiger partial charge in [0.15, 0.2) is 5.65 Å². The predicted octanol–water partition coefficient (Wildman–Crippen LogP) is 2.95. The number of carbonyl (C=O) groups is 1. The van der Waals surface area contributed by atoms with E-state index in [0.29, 0.717) is 12.2 Å². The summed E-state index contributed by atoms with van der Waals surface area (Å²) >= 11 is 0. The van der Waals surface area contributed by atoms with Crippen LogP contribution in [0.3, 0.4) is 0 Å². The van der Waals surface area contributed by atoms with Crippen LogP contribution in [0.2, 0.25) is 0 Å². The lowest BCUT2D eigenvalue weighted by Crippen LogP contribution is -2.31. The summed E-state index contributed by atoms with van der Waals surface area (Å²) in [6.07, 6.45) is 1.64. The van der Waals surface area contributed by atoms with E-state index in [-0.39, 0.29) is 6.03 Å². The van der Waals surface area contributed by atoms with Crippen molar-refractivity contribution in [1.82, 2.24) is 19.7 Å². The summed E-state index contributed by atoms with van der Waals surface area (Å²) in [5, 5.41) is 8.14. The van der Waals surface area contributed by atoms with E-state index in [2.05, 4.69) is 15.4 Å². The number of para-hydroxylation sites is 1. The first-order chi connectivity index (χ1) is 12.0. The van der Waals surface area contributed by atoms with Gasteiger partial charge in [0.1, 0.15) is 5.75 Å². The smallest absolute Gasteiger partial charge is 0.321 e. The number of methoxy groups -OCH3 is 1. The summed E-state index contributed by atoms with van der Waals surface area (Å²) in [4.78, 5) is 18.4. The van der Waals surface area contributed by atoms with Gasteiger partial charge < -0.3 is 15.0 Å². The highest BCUT2D eigenvalue weighted by Crippen LogP contribution is 2.21. The van der Waals surface area contributed by atoms with Crippen LogP contribution in [0, 0.1) is 6.92 Å². The molecule has 7 heteroatoms. The van der Waals surface area contributed by atoms with E-state index in [1.165, 1.54) is 0 Å². The molecule has 0 saturated heterocycles. The molecule has 0 aliphatic heterocycles. The van der Waals surface area contributed by atoms with Gasteiger partial charge in [-0.3, -0.25) is 4.68 Å². The molecule has 0 fully saturated rings. The van der Waals surface area contributed by atoms with Gasteiger partial charge in [-0.05, 0) is 19.1 Å². The lowest BCUT2D eigenvalue weighted by molar-refractivity contribution is 0.220. The zero-order chi connectivity index (χ0) is 18.0. The number of amides is 2. The Labute approximate surface area is 146 Å². The maximum atomic E-state index is 12.5. The molecule has 25 heavy (non-hydrogen) atoms. The lowest BCUT2D eigenvalue weighted by Gasteiger charge is -2.19. The van der Waals surface area contributed by atoms with Crippen LogP contribution in [0.5, 0.6) is 5.75 Å². The zero-order valence-corrected chi connectivity index (χ0v) is 14.8. The minimum Gasteiger partial charge on any atom is -0.496 e. The number of nitrogens with zero attached hydrogens (tertiary/aromatic N) is 4. The maximum Gasteiger partial charge on any atom is 0.321 e. The van der Waals surface area contributed by atoms with Crippen LogP contribution in [0.15, 0.2) is 36.5 Å². The molecule has 1 aromatic carbocycles. The molecule has 2 amide bonds. The highest BCUT2D eigenvalue weighted by molar-refractivity contribution is 5.92. The van der Waals surface area contributed by atoms with Gasteiger partial charge >= 0.3 is 6.03 Å². The number of rotatable bonds is 4. The van der Waals surface area contributed by atoms with Gasteiger partial charge in [-0.1, -0.05) is 18.2 Å². The number of anilines is 1. The summed E-state index contributed by atoms with van der Waals surface area (Å²) in [5.41, 5.74) is 3.25. The minimum absolute atomic E-state index is 0.214. The topological polar surface area (TPSA) is 72.3 Å². The van der Waals surface area contributed by atoms with E-state index < -0.39 is 0 Å². The summed E-state index contributed by atoms with van der Waals surface area (Å²) < 4.78 is 7.06. The molecular formula is C18H21N5O2. The summed E-state index contributed by atoms with van der Waals surface area (Å²) in [6.45, 7) is 2.36. The Bertz CT molecular complexity index is 919. The molecule has 0 radical (unpaired) electrons. The fourth-order valence-electron chi connectivity index (χ4n) is 2.76. The number of pyridine rings is 1. The SMILES string of the molecule is COc1ccccc1CN(C)C(=O)Nc1cnc2c(c1)c(C)nn2C. The van der Waals surface area contributed by atoms with E-state index in [0.717, 1.165) is 28.0 Å². The average Bonchev–Trinajstić information content (AvgIpc) is 2.89. The third-order valence-electron chi connectivity index (χ3n) is 4.06. The van der Waals surface area contributed by atoms with Gasteiger partial charge in [0.05, 0.1) is 31.2 Å². The van der Waals surface area contributed by atoms with Crippen molar-refractivity contribution in [1.29, 1.82) is 0 Å². The van der Waals surface area contributed by atoms with Gasteiger partial charge in [0.2, 0.25) is 0 Å². The number of aryl methyl sites for hydroxylation is 2. The van der Waals surface area contributed by atoms with Crippen molar-refractivity contribution in [3.8, 4) is 5.75 Å². The Morgan fingerprint density at radius 3 is 2.88 bits per heavy atom. The van der Waals surface area contributed by atoms with Crippen LogP contribution < -0.4 is 10.1 Å². The molecule has 7 nitrogen and oxygen atoms in total. The van der Waals surface area contributed by atoms with Crippen molar-refractivity contribution in [2.75, 3.05) is 19.5 Å². The number of ether oxygens (including phenoxy) is 1. The molecule has 2 heterocycles. The van der Waals surface area contributed by atoms with E-state index in [1.54, 1.807) is 29.9 Å². The monoisotopic (exact) mass is 339 g/mol. The van der Waals surface area contributed by atoms with Crippen LogP contribution in [0.1, 0.15) is 11.3 Å².